The molecule has 0 aliphatic rings. The fourth-order valence-corrected chi connectivity index (χ4v) is 2.38. The second kappa shape index (κ2) is 4.62. The highest BCUT2D eigenvalue weighted by atomic mass is 79.9. The van der Waals surface area contributed by atoms with Crippen molar-refractivity contribution in [1.82, 2.24) is 19.5 Å². The zero-order valence-corrected chi connectivity index (χ0v) is 11.8. The van der Waals surface area contributed by atoms with Crippen LogP contribution in [0.3, 0.4) is 0 Å². The summed E-state index contributed by atoms with van der Waals surface area (Å²) >= 11 is 3.28. The standard InChI is InChI=1S/C13H11BrN4O/c1-8(9-5-3-2-4-6-9)18-12-11(17-13(18)19)15-7-10(14)16-12/h2-8H,1H3,(H,15,17,19). The van der Waals surface area contributed by atoms with Crippen molar-refractivity contribution in [2.45, 2.75) is 13.0 Å². The molecule has 0 aliphatic carbocycles. The predicted molar refractivity (Wildman–Crippen MR) is 76.1 cm³/mol. The van der Waals surface area contributed by atoms with E-state index in [1.165, 1.54) is 0 Å². The van der Waals surface area contributed by atoms with E-state index in [1.807, 2.05) is 37.3 Å². The van der Waals surface area contributed by atoms with Crippen LogP contribution in [0.4, 0.5) is 0 Å². The number of benzene rings is 1. The summed E-state index contributed by atoms with van der Waals surface area (Å²) in [6, 6.07) is 9.72. The predicted octanol–water partition coefficient (Wildman–Crippen LogP) is 2.49. The van der Waals surface area contributed by atoms with Crippen LogP contribution in [0, 0.1) is 0 Å². The zero-order valence-electron chi connectivity index (χ0n) is 10.2. The minimum atomic E-state index is -0.204. The van der Waals surface area contributed by atoms with Gasteiger partial charge < -0.3 is 0 Å². The van der Waals surface area contributed by atoms with Gasteiger partial charge in [0, 0.05) is 0 Å². The molecular formula is C13H11BrN4O. The van der Waals surface area contributed by atoms with Crippen LogP contribution in [0.25, 0.3) is 11.3 Å². The van der Waals surface area contributed by atoms with E-state index in [0.717, 1.165) is 5.56 Å². The van der Waals surface area contributed by atoms with Gasteiger partial charge >= 0.3 is 5.69 Å². The van der Waals surface area contributed by atoms with E-state index >= 15 is 0 Å². The van der Waals surface area contributed by atoms with Gasteiger partial charge in [0.2, 0.25) is 0 Å². The minimum Gasteiger partial charge on any atom is -0.289 e. The van der Waals surface area contributed by atoms with Crippen molar-refractivity contribution >= 4 is 27.2 Å². The Morgan fingerprint density at radius 2 is 2.05 bits per heavy atom. The smallest absolute Gasteiger partial charge is 0.289 e. The number of hydrogen-bond acceptors (Lipinski definition) is 3. The van der Waals surface area contributed by atoms with Crippen LogP contribution in [0.5, 0.6) is 0 Å². The van der Waals surface area contributed by atoms with Crippen LogP contribution < -0.4 is 5.69 Å². The van der Waals surface area contributed by atoms with Gasteiger partial charge in [0.15, 0.2) is 11.3 Å². The molecule has 0 fully saturated rings. The molecule has 0 saturated carbocycles. The zero-order chi connectivity index (χ0) is 13.4. The maximum absolute atomic E-state index is 12.1. The summed E-state index contributed by atoms with van der Waals surface area (Å²) in [7, 11) is 0. The van der Waals surface area contributed by atoms with Crippen LogP contribution in [0.2, 0.25) is 0 Å². The Labute approximate surface area is 117 Å². The normalized spacial score (nSPS) is 12.7. The molecule has 0 bridgehead atoms. The lowest BCUT2D eigenvalue weighted by molar-refractivity contribution is 0.630. The molecule has 1 atom stereocenters. The molecule has 3 aromatic rings. The number of rotatable bonds is 2. The third-order valence-corrected chi connectivity index (χ3v) is 3.45. The maximum Gasteiger partial charge on any atom is 0.329 e. The molecule has 1 N–H and O–H groups in total. The number of halogens is 1. The average molecular weight is 319 g/mol. The molecule has 5 nitrogen and oxygen atoms in total. The molecule has 6 heteroatoms. The van der Waals surface area contributed by atoms with E-state index in [1.54, 1.807) is 10.8 Å². The van der Waals surface area contributed by atoms with Crippen molar-refractivity contribution < 1.29 is 0 Å². The number of hydrogen-bond donors (Lipinski definition) is 1. The highest BCUT2D eigenvalue weighted by Crippen LogP contribution is 2.19. The number of aromatic amines is 1. The first-order chi connectivity index (χ1) is 9.16. The van der Waals surface area contributed by atoms with Crippen molar-refractivity contribution in [1.29, 1.82) is 0 Å². The molecule has 2 heterocycles. The molecule has 96 valence electrons. The molecule has 0 radical (unpaired) electrons. The number of nitrogens with one attached hydrogen (secondary N) is 1. The van der Waals surface area contributed by atoms with Crippen molar-refractivity contribution in [3.63, 3.8) is 0 Å². The van der Waals surface area contributed by atoms with Gasteiger partial charge in [-0.15, -0.1) is 0 Å². The summed E-state index contributed by atoms with van der Waals surface area (Å²) in [6.45, 7) is 1.96. The number of nitrogens with zero attached hydrogens (tertiary/aromatic N) is 3. The van der Waals surface area contributed by atoms with E-state index in [2.05, 4.69) is 30.9 Å². The fourth-order valence-electron chi connectivity index (χ4n) is 2.11. The highest BCUT2D eigenvalue weighted by Gasteiger charge is 2.16. The first-order valence-electron chi connectivity index (χ1n) is 5.84. The third kappa shape index (κ3) is 2.08. The van der Waals surface area contributed by atoms with Gasteiger partial charge in [-0.25, -0.2) is 14.8 Å². The Hall–Kier alpha value is -1.95. The van der Waals surface area contributed by atoms with Crippen molar-refractivity contribution in [3.8, 4) is 0 Å². The Morgan fingerprint density at radius 3 is 2.79 bits per heavy atom. The number of imidazole rings is 1. The second-order valence-corrected chi connectivity index (χ2v) is 5.06. The molecule has 0 spiro atoms. The summed E-state index contributed by atoms with van der Waals surface area (Å²) < 4.78 is 2.22. The molecular weight excluding hydrogens is 308 g/mol. The highest BCUT2D eigenvalue weighted by molar-refractivity contribution is 9.10. The lowest BCUT2D eigenvalue weighted by Gasteiger charge is -2.13. The van der Waals surface area contributed by atoms with Gasteiger partial charge in [-0.2, -0.15) is 0 Å². The average Bonchev–Trinajstić information content (AvgIpc) is 2.74. The minimum absolute atomic E-state index is 0.106. The molecule has 19 heavy (non-hydrogen) atoms. The molecule has 0 amide bonds. The van der Waals surface area contributed by atoms with Gasteiger partial charge in [0.05, 0.1) is 12.2 Å². The van der Waals surface area contributed by atoms with Crippen LogP contribution >= 0.6 is 15.9 Å². The fraction of sp³-hybridized carbons (Fsp3) is 0.154. The van der Waals surface area contributed by atoms with E-state index in [4.69, 9.17) is 0 Å². The SMILES string of the molecule is CC(c1ccccc1)n1c(=O)[nH]c2ncc(Br)nc21. The number of H-pyrrole nitrogens is 1. The van der Waals surface area contributed by atoms with Crippen molar-refractivity contribution in [2.24, 2.45) is 0 Å². The van der Waals surface area contributed by atoms with Crippen LogP contribution in [-0.4, -0.2) is 19.5 Å². The summed E-state index contributed by atoms with van der Waals surface area (Å²) in [5, 5.41) is 0. The first-order valence-corrected chi connectivity index (χ1v) is 6.64. The summed E-state index contributed by atoms with van der Waals surface area (Å²) in [5.74, 6) is 0. The summed E-state index contributed by atoms with van der Waals surface area (Å²) in [5.41, 5.74) is 1.89. The van der Waals surface area contributed by atoms with E-state index in [-0.39, 0.29) is 11.7 Å². The Balaban J connectivity index is 2.22. The molecule has 2 aromatic heterocycles. The van der Waals surface area contributed by atoms with Gasteiger partial charge in [0.1, 0.15) is 4.60 Å². The lowest BCUT2D eigenvalue weighted by Crippen LogP contribution is -2.21. The van der Waals surface area contributed by atoms with Gasteiger partial charge in [-0.1, -0.05) is 30.3 Å². The third-order valence-electron chi connectivity index (χ3n) is 3.07. The first kappa shape index (κ1) is 12.1. The van der Waals surface area contributed by atoms with Gasteiger partial charge in [-0.05, 0) is 28.4 Å². The number of aromatic nitrogens is 4. The van der Waals surface area contributed by atoms with Gasteiger partial charge in [0.25, 0.3) is 0 Å². The Bertz CT molecular complexity index is 778. The maximum atomic E-state index is 12.1. The van der Waals surface area contributed by atoms with E-state index < -0.39 is 0 Å². The second-order valence-electron chi connectivity index (χ2n) is 4.25. The van der Waals surface area contributed by atoms with Gasteiger partial charge in [-0.3, -0.25) is 9.55 Å². The van der Waals surface area contributed by atoms with Crippen LogP contribution in [-0.2, 0) is 0 Å². The Kier molecular flexibility index (Phi) is 2.94. The van der Waals surface area contributed by atoms with Crippen LogP contribution in [0.1, 0.15) is 18.5 Å². The van der Waals surface area contributed by atoms with Crippen molar-refractivity contribution in [2.75, 3.05) is 0 Å². The monoisotopic (exact) mass is 318 g/mol. The molecule has 0 aliphatic heterocycles. The molecule has 3 rings (SSSR count). The molecule has 1 aromatic carbocycles. The van der Waals surface area contributed by atoms with Crippen LogP contribution in [0.15, 0.2) is 45.9 Å². The quantitative estimate of drug-likeness (QED) is 0.789. The molecule has 1 unspecified atom stereocenters. The topological polar surface area (TPSA) is 63.6 Å². The van der Waals surface area contributed by atoms with E-state index in [0.29, 0.717) is 15.9 Å². The van der Waals surface area contributed by atoms with Crippen molar-refractivity contribution in [3.05, 3.63) is 57.2 Å². The summed E-state index contributed by atoms with van der Waals surface area (Å²) in [6.07, 6.45) is 1.57. The van der Waals surface area contributed by atoms with E-state index in [9.17, 15) is 4.79 Å². The largest absolute Gasteiger partial charge is 0.329 e. The molecule has 0 saturated heterocycles. The Morgan fingerprint density at radius 1 is 1.32 bits per heavy atom. The number of fused-ring (bicyclic) bond motifs is 1. The lowest BCUT2D eigenvalue weighted by atomic mass is 10.1. The summed E-state index contributed by atoms with van der Waals surface area (Å²) in [4.78, 5) is 23.3.